The first-order chi connectivity index (χ1) is 14.7. The summed E-state index contributed by atoms with van der Waals surface area (Å²) in [5.41, 5.74) is 19.9. The van der Waals surface area contributed by atoms with Crippen molar-refractivity contribution in [1.82, 2.24) is 4.98 Å². The van der Waals surface area contributed by atoms with E-state index in [1.165, 1.54) is 45.3 Å². The Hall–Kier alpha value is -3.11. The van der Waals surface area contributed by atoms with Crippen LogP contribution in [0.25, 0.3) is 11.1 Å². The molecule has 0 atom stereocenters. The van der Waals surface area contributed by atoms with E-state index >= 15 is 0 Å². The quantitative estimate of drug-likeness (QED) is 0.707. The van der Waals surface area contributed by atoms with Crippen molar-refractivity contribution in [2.24, 2.45) is 11.5 Å². The van der Waals surface area contributed by atoms with Crippen molar-refractivity contribution in [2.75, 3.05) is 24.5 Å². The van der Waals surface area contributed by atoms with Gasteiger partial charge in [0.05, 0.1) is 0 Å². The van der Waals surface area contributed by atoms with Crippen LogP contribution in [0.15, 0.2) is 79.3 Å². The average molecular weight is 401 g/mol. The Morgan fingerprint density at radius 1 is 1.10 bits per heavy atom. The third-order valence-electron chi connectivity index (χ3n) is 5.42. The second-order valence-corrected chi connectivity index (χ2v) is 7.44. The lowest BCUT2D eigenvalue weighted by Crippen LogP contribution is -2.30. The standard InChI is InChI=1S/C24H27N3.C2H5N/c1-2-14-27(15-12-25)24-11-13-26-17-23(24)20-8-7-19(16-20)22-10-9-18-5-3-4-6-21(18)22;1-2-3/h3-8,10-11,13,17H,2,9,12,14-16,25H2,1H3;2H,1,3H2. The maximum atomic E-state index is 5.86. The molecule has 4 nitrogen and oxygen atoms in total. The number of hydrogen-bond acceptors (Lipinski definition) is 4. The van der Waals surface area contributed by atoms with Crippen LogP contribution in [0.2, 0.25) is 0 Å². The molecule has 0 fully saturated rings. The van der Waals surface area contributed by atoms with Gasteiger partial charge >= 0.3 is 0 Å². The highest BCUT2D eigenvalue weighted by atomic mass is 15.1. The summed E-state index contributed by atoms with van der Waals surface area (Å²) in [6.45, 7) is 7.90. The molecule has 1 heterocycles. The van der Waals surface area contributed by atoms with Crippen LogP contribution in [0.3, 0.4) is 0 Å². The number of benzene rings is 1. The maximum Gasteiger partial charge on any atom is 0.0474 e. The zero-order valence-electron chi connectivity index (χ0n) is 17.8. The van der Waals surface area contributed by atoms with Gasteiger partial charge in [-0.25, -0.2) is 0 Å². The lowest BCUT2D eigenvalue weighted by Gasteiger charge is -2.26. The Balaban J connectivity index is 0.000000806. The lowest BCUT2D eigenvalue weighted by molar-refractivity contribution is 0.760. The molecule has 4 heteroatoms. The molecular formula is C26H32N4. The average Bonchev–Trinajstić information content (AvgIpc) is 3.41. The van der Waals surface area contributed by atoms with Crippen molar-refractivity contribution in [3.63, 3.8) is 0 Å². The molecule has 0 bridgehead atoms. The molecule has 4 rings (SSSR count). The highest BCUT2D eigenvalue weighted by Gasteiger charge is 2.22. The normalized spacial score (nSPS) is 14.1. The van der Waals surface area contributed by atoms with E-state index < -0.39 is 0 Å². The zero-order chi connectivity index (χ0) is 21.3. The fourth-order valence-corrected chi connectivity index (χ4v) is 4.17. The summed E-state index contributed by atoms with van der Waals surface area (Å²) in [6, 6.07) is 10.9. The molecule has 0 unspecified atom stereocenters. The van der Waals surface area contributed by atoms with Gasteiger partial charge in [0.25, 0.3) is 0 Å². The van der Waals surface area contributed by atoms with Crippen molar-refractivity contribution in [2.45, 2.75) is 26.2 Å². The minimum Gasteiger partial charge on any atom is -0.405 e. The van der Waals surface area contributed by atoms with Gasteiger partial charge in [0, 0.05) is 43.3 Å². The Labute approximate surface area is 180 Å². The number of pyridine rings is 1. The Kier molecular flexibility index (Phi) is 7.63. The molecule has 156 valence electrons. The van der Waals surface area contributed by atoms with Crippen molar-refractivity contribution in [1.29, 1.82) is 0 Å². The summed E-state index contributed by atoms with van der Waals surface area (Å²) in [5, 5.41) is 0. The van der Waals surface area contributed by atoms with E-state index in [4.69, 9.17) is 5.73 Å². The molecule has 1 aromatic heterocycles. The molecule has 1 aromatic carbocycles. The summed E-state index contributed by atoms with van der Waals surface area (Å²) < 4.78 is 0. The van der Waals surface area contributed by atoms with Crippen LogP contribution < -0.4 is 16.4 Å². The van der Waals surface area contributed by atoms with Gasteiger partial charge < -0.3 is 16.4 Å². The molecule has 0 amide bonds. The first-order valence-corrected chi connectivity index (χ1v) is 10.6. The number of nitrogens with two attached hydrogens (primary N) is 2. The summed E-state index contributed by atoms with van der Waals surface area (Å²) in [6.07, 6.45) is 15.2. The monoisotopic (exact) mass is 400 g/mol. The van der Waals surface area contributed by atoms with Gasteiger partial charge in [0.1, 0.15) is 0 Å². The number of nitrogens with zero attached hydrogens (tertiary/aromatic N) is 2. The highest BCUT2D eigenvalue weighted by Crippen LogP contribution is 2.41. The van der Waals surface area contributed by atoms with Crippen LogP contribution in [0.4, 0.5) is 5.69 Å². The lowest BCUT2D eigenvalue weighted by atomic mass is 9.95. The number of hydrogen-bond donors (Lipinski definition) is 2. The molecule has 0 saturated carbocycles. The third kappa shape index (κ3) is 4.71. The molecular weight excluding hydrogens is 368 g/mol. The van der Waals surface area contributed by atoms with Crippen LogP contribution >= 0.6 is 0 Å². The minimum absolute atomic E-state index is 0.661. The fraction of sp³-hybridized carbons (Fsp3) is 0.269. The van der Waals surface area contributed by atoms with E-state index in [0.29, 0.717) is 6.54 Å². The predicted octanol–water partition coefficient (Wildman–Crippen LogP) is 4.70. The van der Waals surface area contributed by atoms with Crippen molar-refractivity contribution in [3.05, 3.63) is 96.0 Å². The molecule has 0 aliphatic heterocycles. The SMILES string of the molecule is C=CN.CCCN(CCN)c1ccncc1C1=CC=C(C2=CCc3ccccc32)C1. The number of rotatable bonds is 7. The van der Waals surface area contributed by atoms with Gasteiger partial charge in [0.15, 0.2) is 0 Å². The van der Waals surface area contributed by atoms with Gasteiger partial charge in [-0.3, -0.25) is 4.98 Å². The van der Waals surface area contributed by atoms with E-state index in [9.17, 15) is 0 Å². The molecule has 0 saturated heterocycles. The molecule has 0 radical (unpaired) electrons. The first kappa shape index (κ1) is 21.6. The van der Waals surface area contributed by atoms with Crippen LogP contribution in [0.5, 0.6) is 0 Å². The Bertz CT molecular complexity index is 963. The van der Waals surface area contributed by atoms with Gasteiger partial charge in [-0.2, -0.15) is 0 Å². The largest absolute Gasteiger partial charge is 0.405 e. The molecule has 30 heavy (non-hydrogen) atoms. The smallest absolute Gasteiger partial charge is 0.0474 e. The second-order valence-electron chi connectivity index (χ2n) is 7.44. The second kappa shape index (κ2) is 10.6. The van der Waals surface area contributed by atoms with E-state index in [2.05, 4.69) is 77.7 Å². The zero-order valence-corrected chi connectivity index (χ0v) is 17.8. The molecule has 2 aliphatic carbocycles. The number of fused-ring (bicyclic) bond motifs is 1. The Morgan fingerprint density at radius 2 is 1.87 bits per heavy atom. The minimum atomic E-state index is 0.661. The van der Waals surface area contributed by atoms with Crippen molar-refractivity contribution in [3.8, 4) is 0 Å². The maximum absolute atomic E-state index is 5.86. The van der Waals surface area contributed by atoms with Crippen molar-refractivity contribution >= 4 is 16.8 Å². The number of allylic oxidation sites excluding steroid dienone is 6. The van der Waals surface area contributed by atoms with Crippen LogP contribution in [-0.4, -0.2) is 24.6 Å². The number of aromatic nitrogens is 1. The molecule has 4 N–H and O–H groups in total. The summed E-state index contributed by atoms with van der Waals surface area (Å²) in [4.78, 5) is 6.80. The van der Waals surface area contributed by atoms with Crippen LogP contribution in [0.1, 0.15) is 36.5 Å². The van der Waals surface area contributed by atoms with Crippen LogP contribution in [-0.2, 0) is 6.42 Å². The van der Waals surface area contributed by atoms with E-state index in [0.717, 1.165) is 32.4 Å². The molecule has 0 spiro atoms. The summed E-state index contributed by atoms with van der Waals surface area (Å²) >= 11 is 0. The van der Waals surface area contributed by atoms with Gasteiger partial charge in [-0.05, 0) is 59.4 Å². The summed E-state index contributed by atoms with van der Waals surface area (Å²) in [5.74, 6) is 0. The predicted molar refractivity (Wildman–Crippen MR) is 129 cm³/mol. The number of anilines is 1. The van der Waals surface area contributed by atoms with Gasteiger partial charge in [0.2, 0.25) is 0 Å². The summed E-state index contributed by atoms with van der Waals surface area (Å²) in [7, 11) is 0. The van der Waals surface area contributed by atoms with Gasteiger partial charge in [-0.1, -0.05) is 56.0 Å². The van der Waals surface area contributed by atoms with E-state index in [-0.39, 0.29) is 0 Å². The van der Waals surface area contributed by atoms with Gasteiger partial charge in [-0.15, -0.1) is 0 Å². The van der Waals surface area contributed by atoms with E-state index in [1.54, 1.807) is 0 Å². The van der Waals surface area contributed by atoms with Crippen molar-refractivity contribution < 1.29 is 0 Å². The molecule has 2 aliphatic rings. The first-order valence-electron chi connectivity index (χ1n) is 10.6. The molecule has 2 aromatic rings. The van der Waals surface area contributed by atoms with Crippen LogP contribution in [0, 0.1) is 0 Å². The highest BCUT2D eigenvalue weighted by molar-refractivity contribution is 5.91. The van der Waals surface area contributed by atoms with E-state index in [1.807, 2.05) is 12.4 Å². The topological polar surface area (TPSA) is 68.2 Å². The third-order valence-corrected chi connectivity index (χ3v) is 5.42. The fourth-order valence-electron chi connectivity index (χ4n) is 4.17. The Morgan fingerprint density at radius 3 is 2.63 bits per heavy atom.